The van der Waals surface area contributed by atoms with Crippen LogP contribution < -0.4 is 14.8 Å². The van der Waals surface area contributed by atoms with E-state index in [1.165, 1.54) is 0 Å². The van der Waals surface area contributed by atoms with Gasteiger partial charge in [-0.3, -0.25) is 9.69 Å². The number of alkyl carbamates (subject to hydrolysis) is 1. The minimum atomic E-state index is -0.668. The second-order valence-electron chi connectivity index (χ2n) is 9.83. The van der Waals surface area contributed by atoms with Crippen LogP contribution in [0.3, 0.4) is 0 Å². The van der Waals surface area contributed by atoms with Gasteiger partial charge in [-0.1, -0.05) is 25.1 Å². The molecule has 0 bridgehead atoms. The van der Waals surface area contributed by atoms with E-state index < -0.39 is 29.2 Å². The monoisotopic (exact) mass is 476 g/mol. The number of hydrogen-bond acceptors (Lipinski definition) is 8. The Kier molecular flexibility index (Phi) is 7.77. The molecular formula is C25H36N2O7. The number of benzene rings is 1. The van der Waals surface area contributed by atoms with Crippen LogP contribution in [0, 0.1) is 0 Å². The molecule has 1 aromatic carbocycles. The molecule has 2 aliphatic rings. The van der Waals surface area contributed by atoms with E-state index in [0.717, 1.165) is 11.1 Å². The Balaban J connectivity index is 1.67. The minimum Gasteiger partial charge on any atom is -0.493 e. The number of carbonyl (C=O) groups is 2. The number of aliphatic hydroxyl groups is 1. The molecular weight excluding hydrogens is 440 g/mol. The first-order valence-corrected chi connectivity index (χ1v) is 11.6. The van der Waals surface area contributed by atoms with Crippen LogP contribution in [0.25, 0.3) is 0 Å². The standard InChI is InChI=1S/C25H36N2O7/c1-7-27(15-32-20(29)13-26-23(30)34-24(2,3)4)14-16-8-9-18(31-6)22-21(16)25(5)11-10-17(28)12-19(25)33-22/h8-11,17,19,28H,7,12-15H2,1-6H3,(H,26,30)/t17-,19-,25+/m0/s1. The molecule has 1 aromatic rings. The number of esters is 1. The molecule has 0 fully saturated rings. The van der Waals surface area contributed by atoms with Crippen molar-refractivity contribution in [3.05, 3.63) is 35.4 Å². The molecule has 0 aromatic heterocycles. The summed E-state index contributed by atoms with van der Waals surface area (Å²) in [6, 6.07) is 3.88. The van der Waals surface area contributed by atoms with Gasteiger partial charge in [0.2, 0.25) is 0 Å². The summed E-state index contributed by atoms with van der Waals surface area (Å²) < 4.78 is 22.3. The van der Waals surface area contributed by atoms with E-state index in [0.29, 0.717) is 31.0 Å². The fourth-order valence-electron chi connectivity index (χ4n) is 4.28. The Hall–Kier alpha value is -2.78. The van der Waals surface area contributed by atoms with Crippen LogP contribution in [0.4, 0.5) is 4.79 Å². The van der Waals surface area contributed by atoms with E-state index in [9.17, 15) is 14.7 Å². The van der Waals surface area contributed by atoms with Gasteiger partial charge in [0.15, 0.2) is 11.5 Å². The van der Waals surface area contributed by atoms with Crippen LogP contribution in [-0.2, 0) is 26.2 Å². The molecule has 1 aliphatic carbocycles. The lowest BCUT2D eigenvalue weighted by Crippen LogP contribution is -2.40. The molecule has 0 unspecified atom stereocenters. The number of carbonyl (C=O) groups excluding carboxylic acids is 2. The molecule has 0 spiro atoms. The lowest BCUT2D eigenvalue weighted by molar-refractivity contribution is -0.147. The zero-order valence-corrected chi connectivity index (χ0v) is 20.8. The molecule has 0 saturated carbocycles. The number of amides is 1. The van der Waals surface area contributed by atoms with Gasteiger partial charge >= 0.3 is 12.1 Å². The van der Waals surface area contributed by atoms with Gasteiger partial charge in [-0.15, -0.1) is 0 Å². The van der Waals surface area contributed by atoms with Crippen LogP contribution in [-0.4, -0.2) is 66.8 Å². The Labute approximate surface area is 201 Å². The van der Waals surface area contributed by atoms with E-state index in [2.05, 4.69) is 12.2 Å². The average molecular weight is 477 g/mol. The molecule has 9 heteroatoms. The Morgan fingerprint density at radius 2 is 2.06 bits per heavy atom. The predicted octanol–water partition coefficient (Wildman–Crippen LogP) is 2.88. The highest BCUT2D eigenvalue weighted by Gasteiger charge is 2.48. The van der Waals surface area contributed by atoms with Crippen molar-refractivity contribution < 1.29 is 33.6 Å². The molecule has 188 valence electrons. The van der Waals surface area contributed by atoms with Gasteiger partial charge in [-0.2, -0.15) is 0 Å². The lowest BCUT2D eigenvalue weighted by Gasteiger charge is -2.33. The van der Waals surface area contributed by atoms with Crippen molar-refractivity contribution >= 4 is 12.1 Å². The number of ether oxygens (including phenoxy) is 4. The Morgan fingerprint density at radius 3 is 2.71 bits per heavy atom. The van der Waals surface area contributed by atoms with Crippen molar-refractivity contribution in [2.75, 3.05) is 26.9 Å². The van der Waals surface area contributed by atoms with E-state index >= 15 is 0 Å². The second kappa shape index (κ2) is 10.2. The molecule has 9 nitrogen and oxygen atoms in total. The van der Waals surface area contributed by atoms with Gasteiger partial charge in [-0.25, -0.2) is 4.79 Å². The first-order chi connectivity index (χ1) is 16.0. The summed E-state index contributed by atoms with van der Waals surface area (Å²) >= 11 is 0. The fourth-order valence-corrected chi connectivity index (χ4v) is 4.28. The zero-order chi connectivity index (χ0) is 25.1. The van der Waals surface area contributed by atoms with Gasteiger partial charge in [0.05, 0.1) is 18.6 Å². The van der Waals surface area contributed by atoms with Crippen molar-refractivity contribution in [1.82, 2.24) is 10.2 Å². The van der Waals surface area contributed by atoms with E-state index in [4.69, 9.17) is 18.9 Å². The van der Waals surface area contributed by atoms with Gasteiger partial charge in [0.1, 0.15) is 25.0 Å². The first-order valence-electron chi connectivity index (χ1n) is 11.6. The number of methoxy groups -OCH3 is 1. The first kappa shape index (κ1) is 25.8. The third kappa shape index (κ3) is 5.82. The molecule has 2 N–H and O–H groups in total. The molecule has 0 radical (unpaired) electrons. The van der Waals surface area contributed by atoms with Crippen LogP contribution in [0.5, 0.6) is 11.5 Å². The number of nitrogens with zero attached hydrogens (tertiary/aromatic N) is 1. The second-order valence-corrected chi connectivity index (χ2v) is 9.83. The Morgan fingerprint density at radius 1 is 1.32 bits per heavy atom. The summed E-state index contributed by atoms with van der Waals surface area (Å²) in [4.78, 5) is 25.8. The lowest BCUT2D eigenvalue weighted by atomic mass is 9.72. The molecule has 1 heterocycles. The highest BCUT2D eigenvalue weighted by molar-refractivity contribution is 5.78. The van der Waals surface area contributed by atoms with Gasteiger partial charge in [0, 0.05) is 18.5 Å². The largest absolute Gasteiger partial charge is 0.493 e. The van der Waals surface area contributed by atoms with Gasteiger partial charge < -0.3 is 29.4 Å². The van der Waals surface area contributed by atoms with Crippen LogP contribution in [0.15, 0.2) is 24.3 Å². The summed E-state index contributed by atoms with van der Waals surface area (Å²) in [6.07, 6.45) is 2.93. The SMILES string of the molecule is CCN(COC(=O)CNC(=O)OC(C)(C)C)Cc1ccc(OC)c2c1[C@]1(C)C=C[C@H](O)C[C@@H]1O2. The molecule has 34 heavy (non-hydrogen) atoms. The number of hydrogen-bond donors (Lipinski definition) is 2. The third-order valence-corrected chi connectivity index (χ3v) is 6.04. The quantitative estimate of drug-likeness (QED) is 0.335. The molecule has 3 rings (SSSR count). The molecule has 0 saturated heterocycles. The summed E-state index contributed by atoms with van der Waals surface area (Å²) in [5.74, 6) is 0.796. The number of fused-ring (bicyclic) bond motifs is 3. The van der Waals surface area contributed by atoms with Gasteiger partial charge in [0.25, 0.3) is 0 Å². The highest BCUT2D eigenvalue weighted by Crippen LogP contribution is 2.52. The summed E-state index contributed by atoms with van der Waals surface area (Å²) in [5.41, 5.74) is 1.02. The van der Waals surface area contributed by atoms with Crippen LogP contribution >= 0.6 is 0 Å². The fraction of sp³-hybridized carbons (Fsp3) is 0.600. The number of rotatable bonds is 8. The minimum absolute atomic E-state index is 0.0711. The van der Waals surface area contributed by atoms with Crippen molar-refractivity contribution in [3.63, 3.8) is 0 Å². The smallest absolute Gasteiger partial charge is 0.408 e. The Bertz CT molecular complexity index is 940. The average Bonchev–Trinajstić information content (AvgIpc) is 3.07. The van der Waals surface area contributed by atoms with Crippen molar-refractivity contribution in [1.29, 1.82) is 0 Å². The maximum atomic E-state index is 12.1. The molecule has 1 amide bonds. The normalized spacial score (nSPS) is 23.1. The van der Waals surface area contributed by atoms with E-state index in [1.807, 2.05) is 36.1 Å². The molecule has 1 aliphatic heterocycles. The predicted molar refractivity (Wildman–Crippen MR) is 126 cm³/mol. The summed E-state index contributed by atoms with van der Waals surface area (Å²) in [6.45, 7) is 10.3. The van der Waals surface area contributed by atoms with Crippen LogP contribution in [0.2, 0.25) is 0 Å². The summed E-state index contributed by atoms with van der Waals surface area (Å²) in [7, 11) is 1.61. The number of aliphatic hydroxyl groups excluding tert-OH is 1. The molecule has 3 atom stereocenters. The topological polar surface area (TPSA) is 107 Å². The maximum absolute atomic E-state index is 12.1. The van der Waals surface area contributed by atoms with E-state index in [1.54, 1.807) is 27.9 Å². The third-order valence-electron chi connectivity index (χ3n) is 6.04. The zero-order valence-electron chi connectivity index (χ0n) is 20.8. The van der Waals surface area contributed by atoms with Gasteiger partial charge in [-0.05, 0) is 45.9 Å². The van der Waals surface area contributed by atoms with Crippen molar-refractivity contribution in [3.8, 4) is 11.5 Å². The van der Waals surface area contributed by atoms with Crippen molar-refractivity contribution in [2.24, 2.45) is 0 Å². The highest BCUT2D eigenvalue weighted by atomic mass is 16.6. The number of nitrogens with one attached hydrogen (secondary N) is 1. The van der Waals surface area contributed by atoms with E-state index in [-0.39, 0.29) is 19.4 Å². The van der Waals surface area contributed by atoms with Crippen molar-refractivity contribution in [2.45, 2.75) is 70.8 Å². The van der Waals surface area contributed by atoms with Crippen LogP contribution in [0.1, 0.15) is 52.2 Å². The summed E-state index contributed by atoms with van der Waals surface area (Å²) in [5, 5.41) is 12.5. The maximum Gasteiger partial charge on any atom is 0.408 e.